The summed E-state index contributed by atoms with van der Waals surface area (Å²) in [7, 11) is 0. The zero-order valence-electron chi connectivity index (χ0n) is 12.1. The van der Waals surface area contributed by atoms with Crippen LogP contribution in [0, 0.1) is 29.2 Å². The summed E-state index contributed by atoms with van der Waals surface area (Å²) < 4.78 is 53.4. The Bertz CT molecular complexity index is 601. The number of hydrogen-bond acceptors (Lipinski definition) is 2. The third kappa shape index (κ3) is 4.00. The van der Waals surface area contributed by atoms with Gasteiger partial charge in [0.05, 0.1) is 6.42 Å². The Morgan fingerprint density at radius 3 is 2.09 bits per heavy atom. The van der Waals surface area contributed by atoms with Crippen LogP contribution in [0.15, 0.2) is 6.07 Å². The summed E-state index contributed by atoms with van der Waals surface area (Å²) in [5, 5.41) is 8.71. The molecule has 1 N–H and O–H groups in total. The summed E-state index contributed by atoms with van der Waals surface area (Å²) in [4.78, 5) is 24.0. The highest BCUT2D eigenvalue weighted by Crippen LogP contribution is 2.23. The van der Waals surface area contributed by atoms with Gasteiger partial charge in [0.1, 0.15) is 0 Å². The average Bonchev–Trinajstić information content (AvgIpc) is 2.49. The molecule has 0 saturated carbocycles. The number of halogens is 4. The van der Waals surface area contributed by atoms with Crippen molar-refractivity contribution < 1.29 is 32.3 Å². The van der Waals surface area contributed by atoms with E-state index in [0.717, 1.165) is 0 Å². The molecule has 126 valence electrons. The van der Waals surface area contributed by atoms with E-state index in [1.165, 1.54) is 4.90 Å². The first-order chi connectivity index (χ1) is 10.8. The van der Waals surface area contributed by atoms with Gasteiger partial charge in [-0.25, -0.2) is 17.6 Å². The van der Waals surface area contributed by atoms with Crippen molar-refractivity contribution in [3.63, 3.8) is 0 Å². The van der Waals surface area contributed by atoms with E-state index in [9.17, 15) is 27.2 Å². The molecular weight excluding hydrogens is 318 g/mol. The highest BCUT2D eigenvalue weighted by atomic mass is 19.2. The first-order valence-electron chi connectivity index (χ1n) is 7.11. The summed E-state index contributed by atoms with van der Waals surface area (Å²) in [6, 6.07) is 0.0933. The van der Waals surface area contributed by atoms with E-state index in [1.54, 1.807) is 0 Å². The average molecular weight is 333 g/mol. The third-order valence-corrected chi connectivity index (χ3v) is 3.96. The zero-order chi connectivity index (χ0) is 17.1. The molecule has 1 aliphatic heterocycles. The molecule has 1 saturated heterocycles. The van der Waals surface area contributed by atoms with Gasteiger partial charge in [0.25, 0.3) is 0 Å². The standard InChI is InChI=1S/C15H15F4NO3/c16-10-7-11(17)15(19)9(14(10)18)6-12(21)20-3-1-8(2-4-20)5-13(22)23/h7-8H,1-6H2,(H,22,23). The number of aliphatic carboxylic acids is 1. The van der Waals surface area contributed by atoms with Crippen LogP contribution in [0.2, 0.25) is 0 Å². The molecule has 1 heterocycles. The van der Waals surface area contributed by atoms with Crippen LogP contribution in [-0.2, 0) is 16.0 Å². The van der Waals surface area contributed by atoms with E-state index in [2.05, 4.69) is 0 Å². The molecule has 1 aliphatic rings. The maximum Gasteiger partial charge on any atom is 0.303 e. The Balaban J connectivity index is 2.03. The molecule has 0 aromatic heterocycles. The van der Waals surface area contributed by atoms with Crippen LogP contribution < -0.4 is 0 Å². The number of benzene rings is 1. The Morgan fingerprint density at radius 2 is 1.61 bits per heavy atom. The highest BCUT2D eigenvalue weighted by molar-refractivity contribution is 5.79. The molecule has 8 heteroatoms. The van der Waals surface area contributed by atoms with Gasteiger partial charge in [-0.3, -0.25) is 9.59 Å². The summed E-state index contributed by atoms with van der Waals surface area (Å²) >= 11 is 0. The lowest BCUT2D eigenvalue weighted by Gasteiger charge is -2.31. The van der Waals surface area contributed by atoms with Gasteiger partial charge in [-0.15, -0.1) is 0 Å². The quantitative estimate of drug-likeness (QED) is 0.680. The van der Waals surface area contributed by atoms with Gasteiger partial charge in [-0.2, -0.15) is 0 Å². The smallest absolute Gasteiger partial charge is 0.303 e. The van der Waals surface area contributed by atoms with Gasteiger partial charge in [0.2, 0.25) is 5.91 Å². The Kier molecular flexibility index (Phi) is 5.23. The van der Waals surface area contributed by atoms with E-state index in [4.69, 9.17) is 5.11 Å². The number of piperidine rings is 1. The number of nitrogens with zero attached hydrogens (tertiary/aromatic N) is 1. The maximum atomic E-state index is 13.6. The van der Waals surface area contributed by atoms with E-state index in [1.807, 2.05) is 0 Å². The fourth-order valence-corrected chi connectivity index (χ4v) is 2.67. The lowest BCUT2D eigenvalue weighted by molar-refractivity contribution is -0.138. The Labute approximate surface area is 129 Å². The number of amides is 1. The minimum Gasteiger partial charge on any atom is -0.481 e. The number of likely N-dealkylation sites (tertiary alicyclic amines) is 1. The van der Waals surface area contributed by atoms with Crippen molar-refractivity contribution in [3.05, 3.63) is 34.9 Å². The summed E-state index contributed by atoms with van der Waals surface area (Å²) in [6.45, 7) is 0.496. The Morgan fingerprint density at radius 1 is 1.09 bits per heavy atom. The predicted octanol–water partition coefficient (Wildman–Crippen LogP) is 2.50. The molecule has 0 radical (unpaired) electrons. The zero-order valence-corrected chi connectivity index (χ0v) is 12.1. The summed E-state index contributed by atoms with van der Waals surface area (Å²) in [5.41, 5.74) is -0.930. The largest absolute Gasteiger partial charge is 0.481 e. The van der Waals surface area contributed by atoms with Crippen molar-refractivity contribution in [3.8, 4) is 0 Å². The third-order valence-electron chi connectivity index (χ3n) is 3.96. The van der Waals surface area contributed by atoms with E-state index < -0.39 is 47.1 Å². The summed E-state index contributed by atoms with van der Waals surface area (Å²) in [6.07, 6.45) is 0.136. The molecule has 1 aromatic rings. The van der Waals surface area contributed by atoms with Crippen LogP contribution >= 0.6 is 0 Å². The molecule has 0 spiro atoms. The monoisotopic (exact) mass is 333 g/mol. The second kappa shape index (κ2) is 6.97. The minimum absolute atomic E-state index is 0.000391. The molecule has 0 aliphatic carbocycles. The first kappa shape index (κ1) is 17.2. The SMILES string of the molecule is O=C(O)CC1CCN(C(=O)Cc2c(F)c(F)cc(F)c2F)CC1. The first-order valence-corrected chi connectivity index (χ1v) is 7.11. The van der Waals surface area contributed by atoms with Crippen LogP contribution in [0.5, 0.6) is 0 Å². The van der Waals surface area contributed by atoms with Crippen molar-refractivity contribution in [2.75, 3.05) is 13.1 Å². The Hall–Kier alpha value is -2.12. The van der Waals surface area contributed by atoms with Gasteiger partial charge in [-0.05, 0) is 18.8 Å². The maximum absolute atomic E-state index is 13.6. The molecule has 0 atom stereocenters. The van der Waals surface area contributed by atoms with Gasteiger partial charge < -0.3 is 10.0 Å². The number of hydrogen-bond donors (Lipinski definition) is 1. The van der Waals surface area contributed by atoms with Gasteiger partial charge in [-0.1, -0.05) is 0 Å². The van der Waals surface area contributed by atoms with Crippen LogP contribution in [0.1, 0.15) is 24.8 Å². The molecule has 0 bridgehead atoms. The van der Waals surface area contributed by atoms with Crippen LogP contribution in [-0.4, -0.2) is 35.0 Å². The van der Waals surface area contributed by atoms with E-state index in [-0.39, 0.29) is 31.5 Å². The normalized spacial score (nSPS) is 15.7. The van der Waals surface area contributed by atoms with Crippen molar-refractivity contribution in [1.82, 2.24) is 4.90 Å². The minimum atomic E-state index is -1.57. The van der Waals surface area contributed by atoms with Gasteiger partial charge in [0.15, 0.2) is 23.3 Å². The molecule has 0 unspecified atom stereocenters. The fraction of sp³-hybridized carbons (Fsp3) is 0.467. The van der Waals surface area contributed by atoms with Crippen molar-refractivity contribution in [1.29, 1.82) is 0 Å². The lowest BCUT2D eigenvalue weighted by atomic mass is 9.93. The van der Waals surface area contributed by atoms with Gasteiger partial charge in [0, 0.05) is 31.1 Å². The van der Waals surface area contributed by atoms with Crippen LogP contribution in [0.3, 0.4) is 0 Å². The molecule has 1 aromatic carbocycles. The lowest BCUT2D eigenvalue weighted by Crippen LogP contribution is -2.40. The van der Waals surface area contributed by atoms with Crippen molar-refractivity contribution >= 4 is 11.9 Å². The van der Waals surface area contributed by atoms with Crippen LogP contribution in [0.25, 0.3) is 0 Å². The molecule has 23 heavy (non-hydrogen) atoms. The molecule has 2 rings (SSSR count). The number of carboxylic acids is 1. The molecule has 1 amide bonds. The second-order valence-corrected chi connectivity index (χ2v) is 5.55. The van der Waals surface area contributed by atoms with Crippen molar-refractivity contribution in [2.45, 2.75) is 25.7 Å². The van der Waals surface area contributed by atoms with Crippen molar-refractivity contribution in [2.24, 2.45) is 5.92 Å². The number of carbonyl (C=O) groups excluding carboxylic acids is 1. The number of carbonyl (C=O) groups is 2. The van der Waals surface area contributed by atoms with Crippen LogP contribution in [0.4, 0.5) is 17.6 Å². The predicted molar refractivity (Wildman–Crippen MR) is 71.5 cm³/mol. The molecular formula is C15H15F4NO3. The van der Waals surface area contributed by atoms with E-state index >= 15 is 0 Å². The number of carboxylic acid groups (broad SMARTS) is 1. The number of rotatable bonds is 4. The fourth-order valence-electron chi connectivity index (χ4n) is 2.67. The highest BCUT2D eigenvalue weighted by Gasteiger charge is 2.27. The molecule has 4 nitrogen and oxygen atoms in total. The molecule has 1 fully saturated rings. The topological polar surface area (TPSA) is 57.6 Å². The summed E-state index contributed by atoms with van der Waals surface area (Å²) in [5.74, 6) is -7.87. The van der Waals surface area contributed by atoms with Gasteiger partial charge >= 0.3 is 5.97 Å². The van der Waals surface area contributed by atoms with E-state index in [0.29, 0.717) is 12.8 Å². The second-order valence-electron chi connectivity index (χ2n) is 5.55.